The molecule has 23 heavy (non-hydrogen) atoms. The summed E-state index contributed by atoms with van der Waals surface area (Å²) < 4.78 is 32.1. The van der Waals surface area contributed by atoms with Gasteiger partial charge in [-0.2, -0.15) is 5.26 Å². The molecule has 5 heteroatoms. The van der Waals surface area contributed by atoms with Gasteiger partial charge in [0, 0.05) is 12.1 Å². The van der Waals surface area contributed by atoms with Crippen LogP contribution in [0.4, 0.5) is 8.78 Å². The molecule has 0 bridgehead atoms. The zero-order valence-electron chi connectivity index (χ0n) is 13.0. The first-order valence-electron chi connectivity index (χ1n) is 7.77. The number of halogens is 2. The second-order valence-electron chi connectivity index (χ2n) is 5.82. The fraction of sp³-hybridized carbons (Fsp3) is 0.444. The third-order valence-corrected chi connectivity index (χ3v) is 4.23. The summed E-state index contributed by atoms with van der Waals surface area (Å²) in [6.45, 7) is 1.98. The van der Waals surface area contributed by atoms with Gasteiger partial charge in [0.1, 0.15) is 29.0 Å². The van der Waals surface area contributed by atoms with Gasteiger partial charge in [-0.05, 0) is 44.9 Å². The molecule has 0 unspecified atom stereocenters. The fourth-order valence-electron chi connectivity index (χ4n) is 2.88. The van der Waals surface area contributed by atoms with E-state index >= 15 is 0 Å². The second kappa shape index (κ2) is 7.87. The first-order chi connectivity index (χ1) is 11.0. The van der Waals surface area contributed by atoms with Gasteiger partial charge in [0.25, 0.3) is 0 Å². The van der Waals surface area contributed by atoms with Gasteiger partial charge < -0.3 is 4.74 Å². The summed E-state index contributed by atoms with van der Waals surface area (Å²) in [6.07, 6.45) is 8.51. The van der Waals surface area contributed by atoms with E-state index in [0.717, 1.165) is 44.2 Å². The molecule has 1 aliphatic carbocycles. The van der Waals surface area contributed by atoms with Crippen LogP contribution in [0, 0.1) is 34.8 Å². The molecule has 1 saturated carbocycles. The molecule has 3 nitrogen and oxygen atoms in total. The van der Waals surface area contributed by atoms with Crippen LogP contribution in [0.3, 0.4) is 0 Å². The smallest absolute Gasteiger partial charge is 0.314 e. The van der Waals surface area contributed by atoms with Gasteiger partial charge in [0.15, 0.2) is 0 Å². The van der Waals surface area contributed by atoms with Crippen molar-refractivity contribution in [1.82, 2.24) is 0 Å². The minimum absolute atomic E-state index is 0.194. The number of nitrogens with zero attached hydrogens (tertiary/aromatic N) is 1. The number of nitriles is 1. The van der Waals surface area contributed by atoms with Crippen LogP contribution in [0.5, 0.6) is 5.75 Å². The van der Waals surface area contributed by atoms with Crippen LogP contribution in [-0.4, -0.2) is 5.97 Å². The van der Waals surface area contributed by atoms with E-state index in [0.29, 0.717) is 5.92 Å². The number of carbonyl (C=O) groups is 1. The van der Waals surface area contributed by atoms with Gasteiger partial charge >= 0.3 is 5.97 Å². The third kappa shape index (κ3) is 4.38. The lowest BCUT2D eigenvalue weighted by Gasteiger charge is -2.26. The van der Waals surface area contributed by atoms with Crippen LogP contribution < -0.4 is 4.74 Å². The average Bonchev–Trinajstić information content (AvgIpc) is 2.53. The Morgan fingerprint density at radius 2 is 1.91 bits per heavy atom. The van der Waals surface area contributed by atoms with Crippen LogP contribution in [-0.2, 0) is 4.79 Å². The van der Waals surface area contributed by atoms with E-state index in [1.54, 1.807) is 0 Å². The minimum Gasteiger partial charge on any atom is -0.426 e. The SMILES string of the molecule is CC=CCC1CCC(C(=O)Oc2cc(F)c(C#N)c(F)c2)CC1. The number of benzene rings is 1. The topological polar surface area (TPSA) is 50.1 Å². The van der Waals surface area contributed by atoms with Gasteiger partial charge in [-0.15, -0.1) is 0 Å². The summed E-state index contributed by atoms with van der Waals surface area (Å²) in [6, 6.07) is 3.18. The Morgan fingerprint density at radius 3 is 2.43 bits per heavy atom. The lowest BCUT2D eigenvalue weighted by atomic mass is 9.80. The van der Waals surface area contributed by atoms with Crippen molar-refractivity contribution in [3.8, 4) is 11.8 Å². The number of rotatable bonds is 4. The Morgan fingerprint density at radius 1 is 1.30 bits per heavy atom. The van der Waals surface area contributed by atoms with E-state index in [1.807, 2.05) is 13.0 Å². The Labute approximate surface area is 134 Å². The van der Waals surface area contributed by atoms with Crippen molar-refractivity contribution in [3.63, 3.8) is 0 Å². The number of ether oxygens (including phenoxy) is 1. The van der Waals surface area contributed by atoms with Crippen molar-refractivity contribution in [2.24, 2.45) is 11.8 Å². The molecule has 2 rings (SSSR count). The summed E-state index contributed by atoms with van der Waals surface area (Å²) in [7, 11) is 0. The van der Waals surface area contributed by atoms with Crippen LogP contribution in [0.25, 0.3) is 0 Å². The van der Waals surface area contributed by atoms with Gasteiger partial charge in [0.2, 0.25) is 0 Å². The Bertz CT molecular complexity index is 618. The molecule has 0 amide bonds. The monoisotopic (exact) mass is 319 g/mol. The molecule has 1 aliphatic rings. The Kier molecular flexibility index (Phi) is 5.86. The molecule has 0 N–H and O–H groups in total. The molecular weight excluding hydrogens is 300 g/mol. The quantitative estimate of drug-likeness (QED) is 0.466. The minimum atomic E-state index is -1.02. The van der Waals surface area contributed by atoms with Crippen molar-refractivity contribution in [1.29, 1.82) is 5.26 Å². The maximum Gasteiger partial charge on any atom is 0.314 e. The van der Waals surface area contributed by atoms with Crippen LogP contribution in [0.15, 0.2) is 24.3 Å². The van der Waals surface area contributed by atoms with Crippen LogP contribution in [0.1, 0.15) is 44.6 Å². The zero-order valence-corrected chi connectivity index (χ0v) is 13.0. The van der Waals surface area contributed by atoms with E-state index in [2.05, 4.69) is 6.08 Å². The molecule has 1 fully saturated rings. The predicted molar refractivity (Wildman–Crippen MR) is 81.6 cm³/mol. The molecule has 0 radical (unpaired) electrons. The lowest BCUT2D eigenvalue weighted by Crippen LogP contribution is -2.25. The summed E-state index contributed by atoms with van der Waals surface area (Å²) in [5.41, 5.74) is -0.672. The van der Waals surface area contributed by atoms with Crippen molar-refractivity contribution < 1.29 is 18.3 Å². The van der Waals surface area contributed by atoms with Crippen LogP contribution >= 0.6 is 0 Å². The molecule has 0 saturated heterocycles. The van der Waals surface area contributed by atoms with Crippen molar-refractivity contribution >= 4 is 5.97 Å². The molecular formula is C18H19F2NO2. The third-order valence-electron chi connectivity index (χ3n) is 4.23. The summed E-state index contributed by atoms with van der Waals surface area (Å²) >= 11 is 0. The van der Waals surface area contributed by atoms with Gasteiger partial charge in [-0.3, -0.25) is 4.79 Å². The number of hydrogen-bond acceptors (Lipinski definition) is 3. The zero-order chi connectivity index (χ0) is 16.8. The predicted octanol–water partition coefficient (Wildman–Crippen LogP) is 4.51. The van der Waals surface area contributed by atoms with E-state index in [4.69, 9.17) is 10.00 Å². The Balaban J connectivity index is 1.94. The van der Waals surface area contributed by atoms with E-state index in [1.165, 1.54) is 6.07 Å². The molecule has 0 heterocycles. The first-order valence-corrected chi connectivity index (χ1v) is 7.77. The lowest BCUT2D eigenvalue weighted by molar-refractivity contribution is -0.140. The maximum absolute atomic E-state index is 13.5. The molecule has 1 aromatic rings. The summed E-state index contributed by atoms with van der Waals surface area (Å²) in [5, 5.41) is 8.62. The van der Waals surface area contributed by atoms with Gasteiger partial charge in [0.05, 0.1) is 5.92 Å². The molecule has 122 valence electrons. The highest BCUT2D eigenvalue weighted by Gasteiger charge is 2.27. The van der Waals surface area contributed by atoms with Crippen LogP contribution in [0.2, 0.25) is 0 Å². The first kappa shape index (κ1) is 17.1. The highest BCUT2D eigenvalue weighted by molar-refractivity contribution is 5.75. The number of hydrogen-bond donors (Lipinski definition) is 0. The molecule has 0 aliphatic heterocycles. The Hall–Kier alpha value is -2.22. The average molecular weight is 319 g/mol. The number of esters is 1. The highest BCUT2D eigenvalue weighted by atomic mass is 19.1. The van der Waals surface area contributed by atoms with Gasteiger partial charge in [-0.25, -0.2) is 8.78 Å². The van der Waals surface area contributed by atoms with Crippen molar-refractivity contribution in [2.45, 2.75) is 39.0 Å². The highest BCUT2D eigenvalue weighted by Crippen LogP contribution is 2.32. The number of carbonyl (C=O) groups excluding carboxylic acids is 1. The molecule has 0 aromatic heterocycles. The van der Waals surface area contributed by atoms with Gasteiger partial charge in [-0.1, -0.05) is 12.2 Å². The molecule has 1 aromatic carbocycles. The van der Waals surface area contributed by atoms with E-state index < -0.39 is 23.2 Å². The molecule has 0 spiro atoms. The van der Waals surface area contributed by atoms with E-state index in [-0.39, 0.29) is 11.7 Å². The normalized spacial score (nSPS) is 21.1. The van der Waals surface area contributed by atoms with Crippen molar-refractivity contribution in [3.05, 3.63) is 41.5 Å². The summed E-state index contributed by atoms with van der Waals surface area (Å²) in [5.74, 6) is -2.35. The second-order valence-corrected chi connectivity index (χ2v) is 5.82. The largest absolute Gasteiger partial charge is 0.426 e. The maximum atomic E-state index is 13.5. The summed E-state index contributed by atoms with van der Waals surface area (Å²) in [4.78, 5) is 12.1. The van der Waals surface area contributed by atoms with Crippen molar-refractivity contribution in [2.75, 3.05) is 0 Å². The molecule has 0 atom stereocenters. The van der Waals surface area contributed by atoms with E-state index in [9.17, 15) is 13.6 Å². The number of allylic oxidation sites excluding steroid dienone is 2. The standard InChI is InChI=1S/C18H19F2NO2/c1-2-3-4-12-5-7-13(8-6-12)18(22)23-14-9-16(19)15(11-21)17(20)10-14/h2-3,9-10,12-13H,4-8H2,1H3. The fourth-order valence-corrected chi connectivity index (χ4v) is 2.88.